The maximum Gasteiger partial charge on any atom is 0.280 e. The Kier molecular flexibility index (Phi) is 2.66. The number of aromatic nitrogens is 2. The number of nitrogens with one attached hydrogen (secondary N) is 2. The molecule has 0 saturated carbocycles. The van der Waals surface area contributed by atoms with Crippen LogP contribution in [0.3, 0.4) is 0 Å². The fourth-order valence-electron chi connectivity index (χ4n) is 1.50. The van der Waals surface area contributed by atoms with Gasteiger partial charge >= 0.3 is 0 Å². The van der Waals surface area contributed by atoms with Crippen molar-refractivity contribution in [3.63, 3.8) is 0 Å². The highest BCUT2D eigenvalue weighted by atomic mass is 35.5. The van der Waals surface area contributed by atoms with Gasteiger partial charge in [-0.25, -0.2) is 4.68 Å². The summed E-state index contributed by atoms with van der Waals surface area (Å²) in [7, 11) is 0. The molecule has 2 aromatic rings. The molecule has 16 heavy (non-hydrogen) atoms. The minimum atomic E-state index is -0.227. The van der Waals surface area contributed by atoms with Crippen molar-refractivity contribution in [2.75, 3.05) is 0 Å². The summed E-state index contributed by atoms with van der Waals surface area (Å²) in [6.07, 6.45) is 1.06. The van der Waals surface area contributed by atoms with Gasteiger partial charge in [-0.1, -0.05) is 11.6 Å². The molecule has 4 nitrogen and oxygen atoms in total. The van der Waals surface area contributed by atoms with Crippen molar-refractivity contribution in [2.45, 2.75) is 6.92 Å². The van der Waals surface area contributed by atoms with Crippen LogP contribution in [0, 0.1) is 12.3 Å². The van der Waals surface area contributed by atoms with Crippen LogP contribution in [-0.2, 0) is 0 Å². The van der Waals surface area contributed by atoms with E-state index >= 15 is 0 Å². The summed E-state index contributed by atoms with van der Waals surface area (Å²) in [5.41, 5.74) is 1.52. The number of nitrogens with zero attached hydrogens (tertiary/aromatic N) is 1. The Morgan fingerprint density at radius 2 is 2.00 bits per heavy atom. The summed E-state index contributed by atoms with van der Waals surface area (Å²) in [6.45, 7) is 1.76. The van der Waals surface area contributed by atoms with E-state index in [4.69, 9.17) is 17.0 Å². The number of halogens is 1. The lowest BCUT2D eigenvalue weighted by Crippen LogP contribution is -2.16. The normalized spacial score (nSPS) is 10.4. The van der Waals surface area contributed by atoms with Gasteiger partial charge in [0.05, 0.1) is 11.3 Å². The maximum atomic E-state index is 11.9. The molecule has 0 bridgehead atoms. The Morgan fingerprint density at radius 3 is 2.50 bits per heavy atom. The predicted octanol–water partition coefficient (Wildman–Crippen LogP) is 2.13. The molecule has 0 spiro atoms. The van der Waals surface area contributed by atoms with Gasteiger partial charge in [-0.3, -0.25) is 9.89 Å². The van der Waals surface area contributed by atoms with E-state index in [1.807, 2.05) is 0 Å². The molecule has 0 unspecified atom stereocenters. The van der Waals surface area contributed by atoms with Gasteiger partial charge in [0, 0.05) is 16.9 Å². The fourth-order valence-corrected chi connectivity index (χ4v) is 1.63. The molecule has 0 aliphatic carbocycles. The summed E-state index contributed by atoms with van der Waals surface area (Å²) >= 11 is 5.77. The minimum absolute atomic E-state index is 0.227. The average Bonchev–Trinajstić information content (AvgIpc) is 2.55. The van der Waals surface area contributed by atoms with Gasteiger partial charge in [0.2, 0.25) is 0 Å². The number of benzene rings is 1. The molecule has 1 aromatic heterocycles. The number of aromatic amines is 1. The first kappa shape index (κ1) is 10.7. The zero-order valence-electron chi connectivity index (χ0n) is 8.62. The summed E-state index contributed by atoms with van der Waals surface area (Å²) in [5.74, 6) is 0. The second-order valence-corrected chi connectivity index (χ2v) is 3.85. The van der Waals surface area contributed by atoms with Crippen LogP contribution in [0.1, 0.15) is 11.3 Å². The van der Waals surface area contributed by atoms with Crippen LogP contribution in [0.15, 0.2) is 29.1 Å². The standard InChI is InChI=1S/C11H10ClN3O/c1-7-10(6-13)11(16)15(14-7)9-4-2-8(12)3-5-9/h2-6,13-14H,1H3. The van der Waals surface area contributed by atoms with Crippen molar-refractivity contribution in [3.8, 4) is 5.69 Å². The maximum absolute atomic E-state index is 11.9. The van der Waals surface area contributed by atoms with Gasteiger partial charge in [-0.2, -0.15) is 0 Å². The van der Waals surface area contributed by atoms with Crippen LogP contribution in [-0.4, -0.2) is 16.0 Å². The molecule has 2 rings (SSSR count). The molecule has 0 radical (unpaired) electrons. The number of rotatable bonds is 2. The summed E-state index contributed by atoms with van der Waals surface area (Å²) in [5, 5.41) is 10.7. The van der Waals surface area contributed by atoms with Gasteiger partial charge < -0.3 is 5.41 Å². The van der Waals surface area contributed by atoms with Crippen LogP contribution < -0.4 is 5.56 Å². The van der Waals surface area contributed by atoms with Crippen molar-refractivity contribution in [1.29, 1.82) is 5.41 Å². The molecule has 0 atom stereocenters. The highest BCUT2D eigenvalue weighted by Crippen LogP contribution is 2.12. The Bertz CT molecular complexity index is 580. The van der Waals surface area contributed by atoms with E-state index in [0.29, 0.717) is 22.0 Å². The highest BCUT2D eigenvalue weighted by molar-refractivity contribution is 6.30. The molecule has 0 aliphatic rings. The zero-order chi connectivity index (χ0) is 11.7. The average molecular weight is 236 g/mol. The number of hydrogen-bond acceptors (Lipinski definition) is 2. The monoisotopic (exact) mass is 235 g/mol. The molecule has 5 heteroatoms. The van der Waals surface area contributed by atoms with E-state index < -0.39 is 0 Å². The molecule has 2 N–H and O–H groups in total. The Balaban J connectivity index is 2.61. The summed E-state index contributed by atoms with van der Waals surface area (Å²) in [4.78, 5) is 11.9. The van der Waals surface area contributed by atoms with E-state index in [2.05, 4.69) is 5.10 Å². The van der Waals surface area contributed by atoms with Crippen molar-refractivity contribution < 1.29 is 0 Å². The van der Waals surface area contributed by atoms with E-state index in [9.17, 15) is 4.79 Å². The molecule has 1 heterocycles. The van der Waals surface area contributed by atoms with Crippen LogP contribution >= 0.6 is 11.6 Å². The quantitative estimate of drug-likeness (QED) is 0.770. The Labute approximate surface area is 97.0 Å². The van der Waals surface area contributed by atoms with E-state index in [-0.39, 0.29) is 5.56 Å². The van der Waals surface area contributed by atoms with Gasteiger partial charge in [-0.05, 0) is 31.2 Å². The first-order valence-electron chi connectivity index (χ1n) is 4.71. The molecule has 0 amide bonds. The van der Waals surface area contributed by atoms with Crippen molar-refractivity contribution in [2.24, 2.45) is 0 Å². The first-order valence-corrected chi connectivity index (χ1v) is 5.09. The van der Waals surface area contributed by atoms with E-state index in [0.717, 1.165) is 6.21 Å². The summed E-state index contributed by atoms with van der Waals surface area (Å²) in [6, 6.07) is 6.91. The molecule has 0 fully saturated rings. The lowest BCUT2D eigenvalue weighted by Gasteiger charge is -2.00. The number of aryl methyl sites for hydroxylation is 1. The van der Waals surface area contributed by atoms with Crippen molar-refractivity contribution in [3.05, 3.63) is 50.9 Å². The molecule has 82 valence electrons. The lowest BCUT2D eigenvalue weighted by atomic mass is 10.3. The zero-order valence-corrected chi connectivity index (χ0v) is 9.38. The van der Waals surface area contributed by atoms with Crippen LogP contribution in [0.2, 0.25) is 5.02 Å². The number of H-pyrrole nitrogens is 1. The van der Waals surface area contributed by atoms with Crippen molar-refractivity contribution >= 4 is 17.8 Å². The molecule has 1 aromatic carbocycles. The topological polar surface area (TPSA) is 61.6 Å². The molecular formula is C11H10ClN3O. The van der Waals surface area contributed by atoms with Gasteiger partial charge in [0.25, 0.3) is 5.56 Å². The van der Waals surface area contributed by atoms with E-state index in [1.165, 1.54) is 4.68 Å². The van der Waals surface area contributed by atoms with Gasteiger partial charge in [0.15, 0.2) is 0 Å². The lowest BCUT2D eigenvalue weighted by molar-refractivity contribution is 0.835. The molecule has 0 saturated heterocycles. The predicted molar refractivity (Wildman–Crippen MR) is 64.0 cm³/mol. The third-order valence-corrected chi connectivity index (χ3v) is 2.60. The Morgan fingerprint density at radius 1 is 1.38 bits per heavy atom. The van der Waals surface area contributed by atoms with Gasteiger partial charge in [-0.15, -0.1) is 0 Å². The second kappa shape index (κ2) is 3.98. The van der Waals surface area contributed by atoms with Gasteiger partial charge in [0.1, 0.15) is 0 Å². The fraction of sp³-hybridized carbons (Fsp3) is 0.0909. The van der Waals surface area contributed by atoms with Crippen LogP contribution in [0.5, 0.6) is 0 Å². The van der Waals surface area contributed by atoms with Crippen molar-refractivity contribution in [1.82, 2.24) is 9.78 Å². The largest absolute Gasteiger partial charge is 0.308 e. The van der Waals surface area contributed by atoms with Crippen LogP contribution in [0.4, 0.5) is 0 Å². The van der Waals surface area contributed by atoms with E-state index in [1.54, 1.807) is 31.2 Å². The third kappa shape index (κ3) is 1.67. The molecular weight excluding hydrogens is 226 g/mol. The minimum Gasteiger partial charge on any atom is -0.308 e. The van der Waals surface area contributed by atoms with Crippen LogP contribution in [0.25, 0.3) is 5.69 Å². The number of hydrogen-bond donors (Lipinski definition) is 2. The molecule has 0 aliphatic heterocycles. The SMILES string of the molecule is Cc1[nH]n(-c2ccc(Cl)cc2)c(=O)c1C=N. The Hall–Kier alpha value is -1.81. The second-order valence-electron chi connectivity index (χ2n) is 3.41. The third-order valence-electron chi connectivity index (χ3n) is 2.35. The highest BCUT2D eigenvalue weighted by Gasteiger charge is 2.09. The first-order chi connectivity index (χ1) is 7.63. The smallest absolute Gasteiger partial charge is 0.280 e. The summed E-state index contributed by atoms with van der Waals surface area (Å²) < 4.78 is 1.39.